The van der Waals surface area contributed by atoms with Crippen molar-refractivity contribution in [2.75, 3.05) is 30.4 Å². The Morgan fingerprint density at radius 3 is 2.25 bits per heavy atom. The molecule has 0 aliphatic carbocycles. The number of aliphatic hydroxyl groups excluding tert-OH is 2. The molecule has 4 aliphatic rings. The van der Waals surface area contributed by atoms with Crippen molar-refractivity contribution in [3.05, 3.63) is 53.3 Å². The van der Waals surface area contributed by atoms with Crippen LogP contribution < -0.4 is 15.0 Å². The summed E-state index contributed by atoms with van der Waals surface area (Å²) in [6.45, 7) is 14.3. The zero-order valence-corrected chi connectivity index (χ0v) is 33.2. The molecule has 0 spiro atoms. The Kier molecular flexibility index (Phi) is 12.6. The molecule has 0 unspecified atom stereocenters. The van der Waals surface area contributed by atoms with Crippen LogP contribution in [-0.2, 0) is 23.8 Å². The molecule has 1 fully saturated rings. The highest BCUT2D eigenvalue weighted by Crippen LogP contribution is 2.54. The van der Waals surface area contributed by atoms with Crippen LogP contribution in [0.4, 0.5) is 11.4 Å². The SMILES string of the molecule is CO[C@H]1/C=C/O[C@@]2(C)Oc3c(C)c(O)c4c(O)c(cc(N5CCCCC5)c4c3C2=O)NC(=O)/C(C)=C\C=C\[C@H](C)[C@H](O)[C@@H](C)[C@@H](O)[C@@H](C)[C@H](OC(C)=O)[C@@H]1C. The number of nitrogens with one attached hydrogen (secondary N) is 1. The number of carbonyl (C=O) groups excluding carboxylic acids is 3. The summed E-state index contributed by atoms with van der Waals surface area (Å²) in [7, 11) is 1.47. The second-order valence-electron chi connectivity index (χ2n) is 15.5. The summed E-state index contributed by atoms with van der Waals surface area (Å²) < 4.78 is 23.8. The van der Waals surface area contributed by atoms with E-state index in [1.807, 2.05) is 0 Å². The number of nitrogens with zero attached hydrogens (tertiary/aromatic N) is 1. The molecule has 13 nitrogen and oxygen atoms in total. The van der Waals surface area contributed by atoms with Crippen LogP contribution in [0.5, 0.6) is 17.2 Å². The molecule has 5 bridgehead atoms. The highest BCUT2D eigenvalue weighted by Gasteiger charge is 2.49. The number of phenols is 2. The van der Waals surface area contributed by atoms with Crippen LogP contribution in [0.3, 0.4) is 0 Å². The van der Waals surface area contributed by atoms with E-state index >= 15 is 0 Å². The first-order valence-electron chi connectivity index (χ1n) is 19.0. The van der Waals surface area contributed by atoms with Crippen molar-refractivity contribution in [2.24, 2.45) is 23.7 Å². The number of rotatable bonds is 3. The van der Waals surface area contributed by atoms with E-state index in [1.54, 1.807) is 71.9 Å². The minimum absolute atomic E-state index is 0.000347. The van der Waals surface area contributed by atoms with Crippen molar-refractivity contribution in [3.8, 4) is 17.2 Å². The first-order chi connectivity index (χ1) is 25.9. The quantitative estimate of drug-likeness (QED) is 0.181. The molecule has 13 heteroatoms. The number of phenolic OH excluding ortho intramolecular Hbond substituents is 2. The van der Waals surface area contributed by atoms with Crippen LogP contribution in [-0.4, -0.2) is 88.5 Å². The van der Waals surface area contributed by atoms with Crippen LogP contribution in [0, 0.1) is 30.6 Å². The van der Waals surface area contributed by atoms with Gasteiger partial charge in [0.15, 0.2) is 5.75 Å². The smallest absolute Gasteiger partial charge is 0.312 e. The van der Waals surface area contributed by atoms with E-state index in [9.17, 15) is 34.8 Å². The number of benzene rings is 2. The monoisotopic (exact) mass is 764 g/mol. The highest BCUT2D eigenvalue weighted by molar-refractivity contribution is 6.23. The highest BCUT2D eigenvalue weighted by atomic mass is 16.7. The Morgan fingerprint density at radius 2 is 1.62 bits per heavy atom. The van der Waals surface area contributed by atoms with Gasteiger partial charge in [0, 0.05) is 79.9 Å². The summed E-state index contributed by atoms with van der Waals surface area (Å²) in [6, 6.07) is 1.62. The van der Waals surface area contributed by atoms with Gasteiger partial charge in [-0.3, -0.25) is 14.4 Å². The molecule has 6 rings (SSSR count). The minimum Gasteiger partial charge on any atom is -0.507 e. The first kappa shape index (κ1) is 41.6. The number of ether oxygens (including phenoxy) is 4. The number of hydrogen-bond donors (Lipinski definition) is 5. The Hall–Kier alpha value is -4.59. The van der Waals surface area contributed by atoms with E-state index < -0.39 is 77.3 Å². The van der Waals surface area contributed by atoms with Crippen LogP contribution in [0.25, 0.3) is 10.8 Å². The second kappa shape index (κ2) is 16.6. The topological polar surface area (TPSA) is 184 Å². The predicted octanol–water partition coefficient (Wildman–Crippen LogP) is 6.04. The molecular formula is C42H56N2O11. The lowest BCUT2D eigenvalue weighted by atomic mass is 9.78. The summed E-state index contributed by atoms with van der Waals surface area (Å²) >= 11 is 0. The van der Waals surface area contributed by atoms with E-state index in [2.05, 4.69) is 10.2 Å². The fourth-order valence-electron chi connectivity index (χ4n) is 8.03. The number of aliphatic hydroxyl groups is 2. The molecule has 4 heterocycles. The first-order valence-corrected chi connectivity index (χ1v) is 19.0. The molecule has 300 valence electrons. The molecule has 0 radical (unpaired) electrons. The van der Waals surface area contributed by atoms with Crippen molar-refractivity contribution in [1.82, 2.24) is 0 Å². The van der Waals surface area contributed by atoms with Gasteiger partial charge in [-0.25, -0.2) is 0 Å². The van der Waals surface area contributed by atoms with Crippen molar-refractivity contribution in [1.29, 1.82) is 0 Å². The fourth-order valence-corrected chi connectivity index (χ4v) is 8.03. The summed E-state index contributed by atoms with van der Waals surface area (Å²) in [6.07, 6.45) is 6.89. The third kappa shape index (κ3) is 8.06. The van der Waals surface area contributed by atoms with Gasteiger partial charge in [-0.2, -0.15) is 0 Å². The van der Waals surface area contributed by atoms with Crippen LogP contribution in [0.2, 0.25) is 0 Å². The number of methoxy groups -OCH3 is 1. The van der Waals surface area contributed by atoms with Crippen molar-refractivity contribution >= 4 is 39.8 Å². The number of Topliss-reactive ketones (excluding diaryl/α,β-unsaturated/α-hetero) is 1. The molecule has 0 aromatic heterocycles. The number of piperidine rings is 1. The number of fused-ring (bicyclic) bond motifs is 14. The van der Waals surface area contributed by atoms with Crippen LogP contribution in [0.1, 0.15) is 83.7 Å². The van der Waals surface area contributed by atoms with E-state index in [0.717, 1.165) is 19.3 Å². The van der Waals surface area contributed by atoms with Crippen molar-refractivity contribution in [2.45, 2.75) is 105 Å². The maximum atomic E-state index is 14.5. The number of amides is 1. The normalized spacial score (nSPS) is 33.0. The lowest BCUT2D eigenvalue weighted by Gasteiger charge is -2.38. The zero-order valence-electron chi connectivity index (χ0n) is 33.2. The maximum Gasteiger partial charge on any atom is 0.312 e. The third-order valence-corrected chi connectivity index (χ3v) is 11.5. The van der Waals surface area contributed by atoms with Crippen LogP contribution >= 0.6 is 0 Å². The van der Waals surface area contributed by atoms with E-state index in [0.29, 0.717) is 18.8 Å². The fraction of sp³-hybridized carbons (Fsp3) is 0.548. The number of allylic oxidation sites excluding steroid dienone is 2. The number of hydrogen-bond acceptors (Lipinski definition) is 12. The Labute approximate surface area is 322 Å². The average Bonchev–Trinajstić information content (AvgIpc) is 3.42. The van der Waals surface area contributed by atoms with Gasteiger partial charge in [0.1, 0.15) is 17.6 Å². The number of carbonyl (C=O) groups is 3. The van der Waals surface area contributed by atoms with Gasteiger partial charge in [0.05, 0.1) is 41.2 Å². The Bertz CT molecular complexity index is 1900. The molecule has 1 amide bonds. The van der Waals surface area contributed by atoms with Gasteiger partial charge in [0.2, 0.25) is 0 Å². The van der Waals surface area contributed by atoms with Gasteiger partial charge in [-0.05, 0) is 45.3 Å². The summed E-state index contributed by atoms with van der Waals surface area (Å²) in [5.41, 5.74) is 1.22. The number of esters is 1. The summed E-state index contributed by atoms with van der Waals surface area (Å²) in [5.74, 6) is -6.42. The summed E-state index contributed by atoms with van der Waals surface area (Å²) in [4.78, 5) is 42.4. The minimum atomic E-state index is -1.89. The lowest BCUT2D eigenvalue weighted by Crippen LogP contribution is -2.46. The number of anilines is 2. The molecular weight excluding hydrogens is 708 g/mol. The zero-order chi connectivity index (χ0) is 40.5. The van der Waals surface area contributed by atoms with Gasteiger partial charge in [0.25, 0.3) is 11.7 Å². The standard InChI is InChI=1S/C42H56N2O11/c1-21-14-13-15-22(2)41(51)43-28-20-29(44-17-11-10-12-18-44)31-32(37(28)49)36(48)26(6)39-33(31)40(50)42(8,55-39)53-19-16-30(52-9)23(3)38(54-27(7)45)25(5)35(47)24(4)34(21)46/h13-16,19-21,23-25,30,34-35,38,46-49H,10-12,17-18H2,1-9H3,(H,43,51)/b14-13+,19-16+,22-15-/t21-,23+,24+,25+,30-,34-,35+,38+,42-/m0/s1. The molecule has 1 saturated heterocycles. The number of ketones is 1. The van der Waals surface area contributed by atoms with Gasteiger partial charge < -0.3 is 49.6 Å². The average molecular weight is 765 g/mol. The Morgan fingerprint density at radius 1 is 0.945 bits per heavy atom. The third-order valence-electron chi connectivity index (χ3n) is 11.5. The summed E-state index contributed by atoms with van der Waals surface area (Å²) in [5, 5.41) is 49.2. The Balaban J connectivity index is 1.69. The van der Waals surface area contributed by atoms with Crippen LogP contribution in [0.15, 0.2) is 42.2 Å². The molecule has 5 N–H and O–H groups in total. The molecule has 4 aliphatic heterocycles. The van der Waals surface area contributed by atoms with Gasteiger partial charge >= 0.3 is 11.8 Å². The molecule has 9 atom stereocenters. The lowest BCUT2D eigenvalue weighted by molar-refractivity contribution is -0.160. The molecule has 2 aromatic carbocycles. The molecule has 0 saturated carbocycles. The maximum absolute atomic E-state index is 14.5. The molecule has 2 aromatic rings. The van der Waals surface area contributed by atoms with E-state index in [4.69, 9.17) is 18.9 Å². The predicted molar refractivity (Wildman–Crippen MR) is 208 cm³/mol. The number of aromatic hydroxyl groups is 2. The van der Waals surface area contributed by atoms with E-state index in [-0.39, 0.29) is 44.7 Å². The van der Waals surface area contributed by atoms with Gasteiger partial charge in [-0.1, -0.05) is 45.9 Å². The van der Waals surface area contributed by atoms with Gasteiger partial charge in [-0.15, -0.1) is 0 Å². The molecule has 55 heavy (non-hydrogen) atoms. The largest absolute Gasteiger partial charge is 0.507 e. The van der Waals surface area contributed by atoms with Crippen molar-refractivity contribution < 1.29 is 53.8 Å². The van der Waals surface area contributed by atoms with Crippen molar-refractivity contribution in [3.63, 3.8) is 0 Å². The second-order valence-corrected chi connectivity index (χ2v) is 15.5. The van der Waals surface area contributed by atoms with E-state index in [1.165, 1.54) is 27.2 Å².